The molecule has 3 aromatic rings. The summed E-state index contributed by atoms with van der Waals surface area (Å²) in [5, 5.41) is 2.90. The zero-order chi connectivity index (χ0) is 19.4. The number of imidazole rings is 1. The fraction of sp³-hybridized carbons (Fsp3) is 0.300. The molecule has 0 saturated heterocycles. The second kappa shape index (κ2) is 7.99. The Morgan fingerprint density at radius 1 is 1.07 bits per heavy atom. The number of aryl methyl sites for hydroxylation is 1. The van der Waals surface area contributed by atoms with Gasteiger partial charge in [0.25, 0.3) is 5.91 Å². The van der Waals surface area contributed by atoms with Crippen molar-refractivity contribution in [3.05, 3.63) is 42.0 Å². The number of fused-ring (bicyclic) bond motifs is 1. The third kappa shape index (κ3) is 3.53. The first kappa shape index (κ1) is 18.6. The van der Waals surface area contributed by atoms with Crippen LogP contribution in [-0.2, 0) is 6.54 Å². The number of ether oxygens (including phenoxy) is 3. The molecule has 0 saturated carbocycles. The van der Waals surface area contributed by atoms with Crippen LogP contribution in [0.15, 0.2) is 36.4 Å². The highest BCUT2D eigenvalue weighted by molar-refractivity contribution is 6.05. The molecule has 0 unspecified atom stereocenters. The van der Waals surface area contributed by atoms with Crippen LogP contribution in [0.3, 0.4) is 0 Å². The third-order valence-corrected chi connectivity index (χ3v) is 4.25. The van der Waals surface area contributed by atoms with E-state index in [9.17, 15) is 4.79 Å². The molecule has 142 valence electrons. The average Bonchev–Trinajstić information content (AvgIpc) is 3.04. The molecule has 2 aromatic carbocycles. The van der Waals surface area contributed by atoms with Gasteiger partial charge in [-0.15, -0.1) is 0 Å². The number of para-hydroxylation sites is 2. The van der Waals surface area contributed by atoms with Crippen LogP contribution in [-0.4, -0.2) is 36.8 Å². The molecule has 0 atom stereocenters. The number of nitrogens with zero attached hydrogens (tertiary/aromatic N) is 2. The third-order valence-electron chi connectivity index (χ3n) is 4.25. The number of nitrogens with one attached hydrogen (secondary N) is 1. The first-order valence-electron chi connectivity index (χ1n) is 8.69. The Hall–Kier alpha value is -3.22. The summed E-state index contributed by atoms with van der Waals surface area (Å²) in [6.07, 6.45) is 0.924. The van der Waals surface area contributed by atoms with Gasteiger partial charge in [0.15, 0.2) is 11.5 Å². The molecule has 1 heterocycles. The minimum Gasteiger partial charge on any atom is -0.493 e. The molecule has 1 aromatic heterocycles. The molecule has 1 amide bonds. The van der Waals surface area contributed by atoms with Crippen molar-refractivity contribution in [2.75, 3.05) is 26.6 Å². The second-order valence-corrected chi connectivity index (χ2v) is 5.94. The zero-order valence-corrected chi connectivity index (χ0v) is 15.9. The molecule has 3 rings (SSSR count). The van der Waals surface area contributed by atoms with Crippen LogP contribution in [0.5, 0.6) is 17.2 Å². The van der Waals surface area contributed by atoms with Crippen molar-refractivity contribution in [2.24, 2.45) is 0 Å². The number of methoxy groups -OCH3 is 3. The summed E-state index contributed by atoms with van der Waals surface area (Å²) in [6, 6.07) is 11.0. The molecular formula is C20H23N3O4. The number of carbonyl (C=O) groups excluding carboxylic acids is 1. The van der Waals surface area contributed by atoms with Gasteiger partial charge in [-0.3, -0.25) is 10.1 Å². The molecule has 27 heavy (non-hydrogen) atoms. The minimum atomic E-state index is -0.304. The number of anilines is 1. The molecule has 0 radical (unpaired) electrons. The number of hydrogen-bond donors (Lipinski definition) is 1. The van der Waals surface area contributed by atoms with E-state index >= 15 is 0 Å². The topological polar surface area (TPSA) is 74.6 Å². The van der Waals surface area contributed by atoms with Gasteiger partial charge < -0.3 is 18.8 Å². The molecule has 7 heteroatoms. The molecule has 0 aliphatic rings. The van der Waals surface area contributed by atoms with Gasteiger partial charge in [-0.25, -0.2) is 4.98 Å². The van der Waals surface area contributed by atoms with Crippen LogP contribution in [0, 0.1) is 0 Å². The van der Waals surface area contributed by atoms with Crippen molar-refractivity contribution in [3.63, 3.8) is 0 Å². The molecule has 0 aliphatic carbocycles. The molecule has 0 bridgehead atoms. The van der Waals surface area contributed by atoms with Gasteiger partial charge in [0.2, 0.25) is 11.7 Å². The van der Waals surface area contributed by atoms with Crippen LogP contribution < -0.4 is 19.5 Å². The van der Waals surface area contributed by atoms with Gasteiger partial charge >= 0.3 is 0 Å². The maximum Gasteiger partial charge on any atom is 0.258 e. The van der Waals surface area contributed by atoms with E-state index in [1.807, 2.05) is 28.8 Å². The SMILES string of the molecule is CCCn1c(NC(=O)c2cc(OC)c(OC)c(OC)c2)nc2ccccc21. The zero-order valence-electron chi connectivity index (χ0n) is 15.9. The lowest BCUT2D eigenvalue weighted by Gasteiger charge is -2.14. The quantitative estimate of drug-likeness (QED) is 0.687. The summed E-state index contributed by atoms with van der Waals surface area (Å²) in [4.78, 5) is 17.4. The highest BCUT2D eigenvalue weighted by Crippen LogP contribution is 2.38. The molecule has 0 spiro atoms. The molecule has 0 fully saturated rings. The fourth-order valence-electron chi connectivity index (χ4n) is 3.01. The Morgan fingerprint density at radius 3 is 2.33 bits per heavy atom. The monoisotopic (exact) mass is 369 g/mol. The molecule has 1 N–H and O–H groups in total. The summed E-state index contributed by atoms with van der Waals surface area (Å²) < 4.78 is 18.0. The highest BCUT2D eigenvalue weighted by Gasteiger charge is 2.19. The normalized spacial score (nSPS) is 10.7. The Morgan fingerprint density at radius 2 is 1.74 bits per heavy atom. The lowest BCUT2D eigenvalue weighted by atomic mass is 10.1. The van der Waals surface area contributed by atoms with Gasteiger partial charge in [-0.1, -0.05) is 19.1 Å². The Bertz CT molecular complexity index is 940. The lowest BCUT2D eigenvalue weighted by molar-refractivity contribution is 0.102. The fourth-order valence-corrected chi connectivity index (χ4v) is 3.01. The number of amides is 1. The summed E-state index contributed by atoms with van der Waals surface area (Å²) in [7, 11) is 4.55. The standard InChI is InChI=1S/C20H23N3O4/c1-5-10-23-15-9-7-6-8-14(15)21-20(23)22-19(24)13-11-16(25-2)18(27-4)17(12-13)26-3/h6-9,11-12H,5,10H2,1-4H3,(H,21,22,24). The minimum absolute atomic E-state index is 0.304. The number of aromatic nitrogens is 2. The van der Waals surface area contributed by atoms with E-state index < -0.39 is 0 Å². The Labute approximate surface area is 157 Å². The average molecular weight is 369 g/mol. The van der Waals surface area contributed by atoms with Crippen molar-refractivity contribution in [1.82, 2.24) is 9.55 Å². The van der Waals surface area contributed by atoms with E-state index in [4.69, 9.17) is 14.2 Å². The van der Waals surface area contributed by atoms with E-state index in [-0.39, 0.29) is 5.91 Å². The predicted octanol–water partition coefficient (Wildman–Crippen LogP) is 3.72. The largest absolute Gasteiger partial charge is 0.493 e. The highest BCUT2D eigenvalue weighted by atomic mass is 16.5. The first-order valence-corrected chi connectivity index (χ1v) is 8.69. The summed E-state index contributed by atoms with van der Waals surface area (Å²) in [6.45, 7) is 2.84. The van der Waals surface area contributed by atoms with Crippen LogP contribution in [0.25, 0.3) is 11.0 Å². The summed E-state index contributed by atoms with van der Waals surface area (Å²) in [5.74, 6) is 1.49. The Kier molecular flexibility index (Phi) is 5.49. The maximum absolute atomic E-state index is 12.9. The van der Waals surface area contributed by atoms with E-state index in [2.05, 4.69) is 17.2 Å². The molecule has 7 nitrogen and oxygen atoms in total. The van der Waals surface area contributed by atoms with Crippen molar-refractivity contribution < 1.29 is 19.0 Å². The van der Waals surface area contributed by atoms with Crippen molar-refractivity contribution >= 4 is 22.9 Å². The molecular weight excluding hydrogens is 346 g/mol. The second-order valence-electron chi connectivity index (χ2n) is 5.94. The lowest BCUT2D eigenvalue weighted by Crippen LogP contribution is -2.16. The van der Waals surface area contributed by atoms with Crippen molar-refractivity contribution in [2.45, 2.75) is 19.9 Å². The Balaban J connectivity index is 1.98. The van der Waals surface area contributed by atoms with E-state index in [0.29, 0.717) is 28.8 Å². The van der Waals surface area contributed by atoms with Gasteiger partial charge in [-0.05, 0) is 30.7 Å². The smallest absolute Gasteiger partial charge is 0.258 e. The van der Waals surface area contributed by atoms with E-state index in [1.54, 1.807) is 12.1 Å². The number of rotatable bonds is 7. The first-order chi connectivity index (χ1) is 13.1. The number of hydrogen-bond acceptors (Lipinski definition) is 5. The number of carbonyl (C=O) groups is 1. The van der Waals surface area contributed by atoms with Crippen molar-refractivity contribution in [3.8, 4) is 17.2 Å². The van der Waals surface area contributed by atoms with Crippen LogP contribution in [0.4, 0.5) is 5.95 Å². The van der Waals surface area contributed by atoms with Crippen molar-refractivity contribution in [1.29, 1.82) is 0 Å². The van der Waals surface area contributed by atoms with Crippen LogP contribution in [0.2, 0.25) is 0 Å². The van der Waals surface area contributed by atoms with E-state index in [1.165, 1.54) is 21.3 Å². The van der Waals surface area contributed by atoms with E-state index in [0.717, 1.165) is 24.0 Å². The van der Waals surface area contributed by atoms with Crippen LogP contribution in [0.1, 0.15) is 23.7 Å². The molecule has 0 aliphatic heterocycles. The maximum atomic E-state index is 12.9. The van der Waals surface area contributed by atoms with Gasteiger partial charge in [0.1, 0.15) is 0 Å². The van der Waals surface area contributed by atoms with Gasteiger partial charge in [-0.2, -0.15) is 0 Å². The predicted molar refractivity (Wildman–Crippen MR) is 104 cm³/mol. The summed E-state index contributed by atoms with van der Waals surface area (Å²) in [5.41, 5.74) is 2.21. The van der Waals surface area contributed by atoms with Crippen LogP contribution >= 0.6 is 0 Å². The van der Waals surface area contributed by atoms with Gasteiger partial charge in [0, 0.05) is 12.1 Å². The number of benzene rings is 2. The van der Waals surface area contributed by atoms with Gasteiger partial charge in [0.05, 0.1) is 32.4 Å². The summed E-state index contributed by atoms with van der Waals surface area (Å²) >= 11 is 0.